The Morgan fingerprint density at radius 3 is 1.53 bits per heavy atom. The van der Waals surface area contributed by atoms with Gasteiger partial charge in [-0.05, 0) is 0 Å². The first-order valence-corrected chi connectivity index (χ1v) is 16.0. The van der Waals surface area contributed by atoms with Crippen LogP contribution in [0.2, 0.25) is 0 Å². The molecule has 0 saturated heterocycles. The molecule has 0 saturated carbocycles. The van der Waals surface area contributed by atoms with E-state index in [0.29, 0.717) is 38.0 Å². The van der Waals surface area contributed by atoms with Crippen molar-refractivity contribution in [2.45, 2.75) is 0 Å². The summed E-state index contributed by atoms with van der Waals surface area (Å²) in [5.41, 5.74) is 6.10. The van der Waals surface area contributed by atoms with Crippen molar-refractivity contribution in [2.24, 2.45) is 0 Å². The number of hydrogen-bond donors (Lipinski definition) is 0. The van der Waals surface area contributed by atoms with E-state index in [-0.39, 0.29) is 5.56 Å². The molecule has 5 aromatic heterocycles. The van der Waals surface area contributed by atoms with Gasteiger partial charge in [0.15, 0.2) is 22.3 Å². The fraction of sp³-hybridized carbons (Fsp3) is 0. The Morgan fingerprint density at radius 2 is 0.978 bits per heavy atom. The minimum Gasteiger partial charge on any atom is -0.268 e. The van der Waals surface area contributed by atoms with E-state index in [9.17, 15) is 4.79 Å². The summed E-state index contributed by atoms with van der Waals surface area (Å²) >= 11 is 2.87. The predicted octanol–water partition coefficient (Wildman–Crippen LogP) is 8.53. The standard InChI is InChI=1S/C36H20N6OS2/c43-35-25-28-29(26(21-13-5-1-6-14-21)37-31(39-28)23-17-9-3-10-18-23)44-34(25)41-36-42(35)33-30(45-36)27(22-15-7-2-8-16-22)38-32(40-33)24-19-11-4-12-20-24/h1-20H. The smallest absolute Gasteiger partial charge is 0.268 e. The maximum atomic E-state index is 14.6. The highest BCUT2D eigenvalue weighted by Gasteiger charge is 2.24. The predicted molar refractivity (Wildman–Crippen MR) is 183 cm³/mol. The summed E-state index contributed by atoms with van der Waals surface area (Å²) in [6.45, 7) is 0. The van der Waals surface area contributed by atoms with Crippen LogP contribution in [0.25, 0.3) is 81.0 Å². The minimum atomic E-state index is -0.207. The van der Waals surface area contributed by atoms with Gasteiger partial charge in [-0.15, -0.1) is 11.3 Å². The molecular weight excluding hydrogens is 597 g/mol. The van der Waals surface area contributed by atoms with Gasteiger partial charge in [0.2, 0.25) is 0 Å². The van der Waals surface area contributed by atoms with E-state index in [2.05, 4.69) is 0 Å². The average molecular weight is 617 g/mol. The van der Waals surface area contributed by atoms with Crippen LogP contribution in [0.3, 0.4) is 0 Å². The maximum Gasteiger partial charge on any atom is 0.271 e. The van der Waals surface area contributed by atoms with Crippen LogP contribution in [-0.2, 0) is 0 Å². The molecule has 5 heterocycles. The van der Waals surface area contributed by atoms with Gasteiger partial charge in [-0.25, -0.2) is 29.3 Å². The summed E-state index contributed by atoms with van der Waals surface area (Å²) in [4.78, 5) is 40.9. The van der Waals surface area contributed by atoms with Gasteiger partial charge in [0.25, 0.3) is 5.56 Å². The minimum absolute atomic E-state index is 0.207. The molecule has 212 valence electrons. The SMILES string of the molecule is O=c1c2c(nc3sc4c(-c5ccccc5)nc(-c5ccccc5)nc4n13)sc1c(-c3ccccc3)nc(-c3ccccc3)nc12. The Hall–Kier alpha value is -5.64. The van der Waals surface area contributed by atoms with Crippen molar-refractivity contribution >= 4 is 58.4 Å². The van der Waals surface area contributed by atoms with Gasteiger partial charge < -0.3 is 0 Å². The van der Waals surface area contributed by atoms with Gasteiger partial charge in [-0.3, -0.25) is 4.79 Å². The summed E-state index contributed by atoms with van der Waals surface area (Å²) in [6, 6.07) is 39.7. The Morgan fingerprint density at radius 1 is 0.489 bits per heavy atom. The second-order valence-electron chi connectivity index (χ2n) is 10.5. The van der Waals surface area contributed by atoms with E-state index in [1.54, 1.807) is 4.40 Å². The summed E-state index contributed by atoms with van der Waals surface area (Å²) in [6.07, 6.45) is 0. The number of fused-ring (bicyclic) bond motifs is 6. The molecule has 0 aliphatic rings. The second-order valence-corrected chi connectivity index (χ2v) is 12.5. The van der Waals surface area contributed by atoms with Crippen molar-refractivity contribution in [1.29, 1.82) is 0 Å². The molecule has 0 aliphatic carbocycles. The molecule has 9 rings (SSSR count). The number of aromatic nitrogens is 6. The van der Waals surface area contributed by atoms with Crippen LogP contribution in [0.15, 0.2) is 126 Å². The van der Waals surface area contributed by atoms with Crippen molar-refractivity contribution < 1.29 is 0 Å². The number of nitrogens with zero attached hydrogens (tertiary/aromatic N) is 6. The van der Waals surface area contributed by atoms with Gasteiger partial charge in [0.1, 0.15) is 20.4 Å². The first-order valence-electron chi connectivity index (χ1n) is 14.3. The number of benzene rings is 4. The monoisotopic (exact) mass is 616 g/mol. The highest BCUT2D eigenvalue weighted by molar-refractivity contribution is 7.26. The lowest BCUT2D eigenvalue weighted by Gasteiger charge is -2.07. The van der Waals surface area contributed by atoms with E-state index >= 15 is 0 Å². The van der Waals surface area contributed by atoms with Crippen molar-refractivity contribution in [2.75, 3.05) is 0 Å². The Kier molecular flexibility index (Phi) is 5.87. The molecule has 0 amide bonds. The first kappa shape index (κ1) is 25.8. The molecule has 4 aromatic carbocycles. The Balaban J connectivity index is 1.40. The van der Waals surface area contributed by atoms with Crippen LogP contribution in [0.5, 0.6) is 0 Å². The van der Waals surface area contributed by atoms with E-state index in [1.165, 1.54) is 22.7 Å². The van der Waals surface area contributed by atoms with Crippen LogP contribution in [0.1, 0.15) is 0 Å². The van der Waals surface area contributed by atoms with Crippen LogP contribution in [0.4, 0.5) is 0 Å². The lowest BCUT2D eigenvalue weighted by Crippen LogP contribution is -2.14. The summed E-state index contributed by atoms with van der Waals surface area (Å²) in [7, 11) is 0. The van der Waals surface area contributed by atoms with E-state index < -0.39 is 0 Å². The first-order chi connectivity index (χ1) is 22.2. The van der Waals surface area contributed by atoms with Crippen molar-refractivity contribution in [3.05, 3.63) is 132 Å². The molecule has 7 nitrogen and oxygen atoms in total. The van der Waals surface area contributed by atoms with Crippen LogP contribution in [-0.4, -0.2) is 29.3 Å². The molecule has 0 aliphatic heterocycles. The maximum absolute atomic E-state index is 14.6. The van der Waals surface area contributed by atoms with E-state index in [4.69, 9.17) is 24.9 Å². The van der Waals surface area contributed by atoms with Crippen LogP contribution < -0.4 is 5.56 Å². The fourth-order valence-corrected chi connectivity index (χ4v) is 7.86. The van der Waals surface area contributed by atoms with Gasteiger partial charge >= 0.3 is 0 Å². The molecular formula is C36H20N6OS2. The van der Waals surface area contributed by atoms with E-state index in [1.807, 2.05) is 121 Å². The topological polar surface area (TPSA) is 85.9 Å². The molecule has 0 bridgehead atoms. The third-order valence-electron chi connectivity index (χ3n) is 7.73. The zero-order valence-electron chi connectivity index (χ0n) is 23.5. The molecule has 9 heteroatoms. The van der Waals surface area contributed by atoms with Crippen molar-refractivity contribution in [3.8, 4) is 45.3 Å². The third-order valence-corrected chi connectivity index (χ3v) is 9.85. The van der Waals surface area contributed by atoms with E-state index in [0.717, 1.165) is 43.0 Å². The molecule has 0 unspecified atom stereocenters. The number of hydrogen-bond acceptors (Lipinski definition) is 8. The highest BCUT2D eigenvalue weighted by atomic mass is 32.1. The third kappa shape index (κ3) is 4.16. The second kappa shape index (κ2) is 10.2. The molecule has 45 heavy (non-hydrogen) atoms. The van der Waals surface area contributed by atoms with Crippen LogP contribution in [0, 0.1) is 0 Å². The fourth-order valence-electron chi connectivity index (χ4n) is 5.62. The van der Waals surface area contributed by atoms with Crippen LogP contribution >= 0.6 is 22.7 Å². The average Bonchev–Trinajstić information content (AvgIpc) is 3.67. The Bertz CT molecular complexity index is 2420. The highest BCUT2D eigenvalue weighted by Crippen LogP contribution is 2.40. The number of thiazole rings is 1. The van der Waals surface area contributed by atoms with Gasteiger partial charge in [-0.2, -0.15) is 0 Å². The quantitative estimate of drug-likeness (QED) is 0.197. The zero-order valence-corrected chi connectivity index (χ0v) is 25.1. The molecule has 0 atom stereocenters. The molecule has 9 aromatic rings. The zero-order chi connectivity index (χ0) is 29.9. The molecule has 0 spiro atoms. The lowest BCUT2D eigenvalue weighted by atomic mass is 10.1. The van der Waals surface area contributed by atoms with Crippen molar-refractivity contribution in [3.63, 3.8) is 0 Å². The normalized spacial score (nSPS) is 11.6. The van der Waals surface area contributed by atoms with Gasteiger partial charge in [-0.1, -0.05) is 133 Å². The Labute approximate surface area is 263 Å². The number of rotatable bonds is 4. The summed E-state index contributed by atoms with van der Waals surface area (Å²) < 4.78 is 3.26. The number of thiophene rings is 1. The summed E-state index contributed by atoms with van der Waals surface area (Å²) in [5.74, 6) is 1.10. The molecule has 0 radical (unpaired) electrons. The molecule has 0 fully saturated rings. The lowest BCUT2D eigenvalue weighted by molar-refractivity contribution is 1.11. The summed E-state index contributed by atoms with van der Waals surface area (Å²) in [5, 5.41) is 0.463. The van der Waals surface area contributed by atoms with Crippen molar-refractivity contribution in [1.82, 2.24) is 29.3 Å². The molecule has 0 N–H and O–H groups in total. The van der Waals surface area contributed by atoms with Gasteiger partial charge in [0, 0.05) is 22.3 Å². The van der Waals surface area contributed by atoms with Gasteiger partial charge in [0.05, 0.1) is 16.1 Å². The largest absolute Gasteiger partial charge is 0.271 e.